The van der Waals surface area contributed by atoms with Gasteiger partial charge in [0, 0.05) is 0 Å². The number of hydrogen-bond acceptors (Lipinski definition) is 3. The molecule has 16 heavy (non-hydrogen) atoms. The van der Waals surface area contributed by atoms with Gasteiger partial charge in [-0.1, -0.05) is 12.1 Å². The van der Waals surface area contributed by atoms with Crippen LogP contribution in [0.4, 0.5) is 0 Å². The lowest BCUT2D eigenvalue weighted by Gasteiger charge is -2.04. The van der Waals surface area contributed by atoms with Crippen molar-refractivity contribution in [3.8, 4) is 5.75 Å². The number of carboxylic acids is 1. The highest BCUT2D eigenvalue weighted by atomic mass is 16.5. The number of ketones is 1. The van der Waals surface area contributed by atoms with Gasteiger partial charge in [0.25, 0.3) is 5.78 Å². The van der Waals surface area contributed by atoms with Crippen molar-refractivity contribution in [1.29, 1.82) is 0 Å². The average Bonchev–Trinajstić information content (AvgIpc) is 2.25. The molecule has 0 aromatic heterocycles. The molecule has 4 heteroatoms. The Bertz CT molecular complexity index is 446. The molecular weight excluding hydrogens is 208 g/mol. The molecule has 4 nitrogen and oxygen atoms in total. The third kappa shape index (κ3) is 2.95. The molecule has 84 valence electrons. The van der Waals surface area contributed by atoms with E-state index in [0.29, 0.717) is 0 Å². The van der Waals surface area contributed by atoms with Crippen LogP contribution in [-0.4, -0.2) is 24.0 Å². The Kier molecular flexibility index (Phi) is 3.83. The Hall–Kier alpha value is -2.10. The van der Waals surface area contributed by atoms with E-state index >= 15 is 0 Å². The Morgan fingerprint density at radius 2 is 2.06 bits per heavy atom. The van der Waals surface area contributed by atoms with Gasteiger partial charge in [-0.3, -0.25) is 4.79 Å². The second kappa shape index (κ2) is 5.11. The average molecular weight is 220 g/mol. The monoisotopic (exact) mass is 220 g/mol. The van der Waals surface area contributed by atoms with Gasteiger partial charge < -0.3 is 9.84 Å². The number of rotatable bonds is 4. The number of aliphatic carboxylic acids is 1. The van der Waals surface area contributed by atoms with Gasteiger partial charge in [-0.2, -0.15) is 0 Å². The van der Waals surface area contributed by atoms with Crippen LogP contribution >= 0.6 is 0 Å². The lowest BCUT2D eigenvalue weighted by atomic mass is 10.1. The molecule has 0 atom stereocenters. The van der Waals surface area contributed by atoms with E-state index in [0.717, 1.165) is 23.0 Å². The highest BCUT2D eigenvalue weighted by Crippen LogP contribution is 2.19. The number of methoxy groups -OCH3 is 1. The molecule has 1 aromatic carbocycles. The smallest absolute Gasteiger partial charge is 0.376 e. The van der Waals surface area contributed by atoms with Gasteiger partial charge in [-0.25, -0.2) is 4.79 Å². The molecule has 1 aromatic rings. The lowest BCUT2D eigenvalue weighted by Crippen LogP contribution is -2.08. The molecule has 0 amide bonds. The minimum Gasteiger partial charge on any atom is -0.496 e. The van der Waals surface area contributed by atoms with Gasteiger partial charge in [-0.15, -0.1) is 0 Å². The van der Waals surface area contributed by atoms with Crippen LogP contribution in [0.2, 0.25) is 0 Å². The summed E-state index contributed by atoms with van der Waals surface area (Å²) in [5, 5.41) is 8.38. The topological polar surface area (TPSA) is 63.6 Å². The van der Waals surface area contributed by atoms with Crippen molar-refractivity contribution >= 4 is 17.8 Å². The maximum atomic E-state index is 10.8. The number of carbonyl (C=O) groups is 2. The number of hydrogen-bond donors (Lipinski definition) is 1. The van der Waals surface area contributed by atoms with Crippen molar-refractivity contribution in [2.24, 2.45) is 0 Å². The maximum Gasteiger partial charge on any atom is 0.376 e. The molecule has 0 bridgehead atoms. The van der Waals surface area contributed by atoms with E-state index in [1.807, 2.05) is 13.0 Å². The molecular formula is C12H12O4. The van der Waals surface area contributed by atoms with Crippen molar-refractivity contribution in [3.63, 3.8) is 0 Å². The van der Waals surface area contributed by atoms with E-state index in [-0.39, 0.29) is 0 Å². The number of carbonyl (C=O) groups excluding carboxylic acids is 1. The molecule has 0 saturated carbocycles. The zero-order chi connectivity index (χ0) is 12.1. The van der Waals surface area contributed by atoms with Gasteiger partial charge in [0.05, 0.1) is 7.11 Å². The van der Waals surface area contributed by atoms with E-state index < -0.39 is 11.8 Å². The summed E-state index contributed by atoms with van der Waals surface area (Å²) in [5.41, 5.74) is 1.68. The quantitative estimate of drug-likeness (QED) is 0.619. The van der Waals surface area contributed by atoms with Crippen LogP contribution < -0.4 is 4.74 Å². The minimum atomic E-state index is -1.46. The number of benzene rings is 1. The molecule has 1 N–H and O–H groups in total. The molecule has 0 fully saturated rings. The van der Waals surface area contributed by atoms with E-state index in [1.165, 1.54) is 6.08 Å². The first-order chi connectivity index (χ1) is 7.54. The first kappa shape index (κ1) is 12.0. The summed E-state index contributed by atoms with van der Waals surface area (Å²) in [6, 6.07) is 5.32. The highest BCUT2D eigenvalue weighted by Gasteiger charge is 2.05. The first-order valence-corrected chi connectivity index (χ1v) is 4.64. The summed E-state index contributed by atoms with van der Waals surface area (Å²) in [6.45, 7) is 1.87. The van der Waals surface area contributed by atoms with Gasteiger partial charge in [0.1, 0.15) is 5.75 Å². The standard InChI is InChI=1S/C12H12O4/c1-8-7-9(4-6-11(8)16-2)3-5-10(13)12(14)15/h3-7H,1-2H3,(H,14,15)/b5-3+. The molecule has 1 rings (SSSR count). The van der Waals surface area contributed by atoms with Crippen LogP contribution in [0.15, 0.2) is 24.3 Å². The second-order valence-corrected chi connectivity index (χ2v) is 3.23. The Balaban J connectivity index is 2.87. The van der Waals surface area contributed by atoms with Crippen molar-refractivity contribution in [2.45, 2.75) is 6.92 Å². The van der Waals surface area contributed by atoms with Crippen LogP contribution in [0.25, 0.3) is 6.08 Å². The lowest BCUT2D eigenvalue weighted by molar-refractivity contribution is -0.146. The highest BCUT2D eigenvalue weighted by molar-refractivity contribution is 6.38. The van der Waals surface area contributed by atoms with Crippen molar-refractivity contribution < 1.29 is 19.4 Å². The fourth-order valence-corrected chi connectivity index (χ4v) is 1.25. The Morgan fingerprint density at radius 3 is 2.56 bits per heavy atom. The van der Waals surface area contributed by atoms with Crippen molar-refractivity contribution in [2.75, 3.05) is 7.11 Å². The number of aryl methyl sites for hydroxylation is 1. The molecule has 0 unspecified atom stereocenters. The molecule has 0 spiro atoms. The van der Waals surface area contributed by atoms with Crippen LogP contribution in [0.5, 0.6) is 5.75 Å². The van der Waals surface area contributed by atoms with Crippen LogP contribution in [0.3, 0.4) is 0 Å². The SMILES string of the molecule is COc1ccc(/C=C/C(=O)C(=O)O)cc1C. The van der Waals surface area contributed by atoms with Gasteiger partial charge in [0.15, 0.2) is 0 Å². The van der Waals surface area contributed by atoms with Crippen LogP contribution in [0.1, 0.15) is 11.1 Å². The Morgan fingerprint density at radius 1 is 1.38 bits per heavy atom. The second-order valence-electron chi connectivity index (χ2n) is 3.23. The first-order valence-electron chi connectivity index (χ1n) is 4.64. The third-order valence-electron chi connectivity index (χ3n) is 2.06. The minimum absolute atomic E-state index is 0.752. The molecule has 0 heterocycles. The third-order valence-corrected chi connectivity index (χ3v) is 2.06. The van der Waals surface area contributed by atoms with Crippen molar-refractivity contribution in [3.05, 3.63) is 35.4 Å². The summed E-state index contributed by atoms with van der Waals surface area (Å²) in [7, 11) is 1.58. The van der Waals surface area contributed by atoms with Gasteiger partial charge in [-0.05, 0) is 36.3 Å². The van der Waals surface area contributed by atoms with Gasteiger partial charge in [0.2, 0.25) is 0 Å². The normalized spacial score (nSPS) is 10.4. The van der Waals surface area contributed by atoms with Crippen molar-refractivity contribution in [1.82, 2.24) is 0 Å². The molecule has 0 aliphatic rings. The van der Waals surface area contributed by atoms with E-state index in [4.69, 9.17) is 9.84 Å². The predicted octanol–water partition coefficient (Wildman–Crippen LogP) is 1.67. The largest absolute Gasteiger partial charge is 0.496 e. The fourth-order valence-electron chi connectivity index (χ4n) is 1.25. The molecule has 0 aliphatic carbocycles. The summed E-state index contributed by atoms with van der Waals surface area (Å²) >= 11 is 0. The maximum absolute atomic E-state index is 10.8. The zero-order valence-electron chi connectivity index (χ0n) is 9.06. The summed E-state index contributed by atoms with van der Waals surface area (Å²) in [5.74, 6) is -1.64. The van der Waals surface area contributed by atoms with Crippen LogP contribution in [0, 0.1) is 6.92 Å². The van der Waals surface area contributed by atoms with Crippen LogP contribution in [-0.2, 0) is 9.59 Å². The Labute approximate surface area is 93.2 Å². The molecule has 0 aliphatic heterocycles. The van der Waals surface area contributed by atoms with E-state index in [1.54, 1.807) is 19.2 Å². The molecule has 0 radical (unpaired) electrons. The fraction of sp³-hybridized carbons (Fsp3) is 0.167. The number of carboxylic acid groups (broad SMARTS) is 1. The number of ether oxygens (including phenoxy) is 1. The predicted molar refractivity (Wildman–Crippen MR) is 59.4 cm³/mol. The summed E-state index contributed by atoms with van der Waals surface area (Å²) in [6.07, 6.45) is 2.49. The zero-order valence-corrected chi connectivity index (χ0v) is 9.06. The van der Waals surface area contributed by atoms with E-state index in [2.05, 4.69) is 0 Å². The van der Waals surface area contributed by atoms with E-state index in [9.17, 15) is 9.59 Å². The summed E-state index contributed by atoms with van der Waals surface area (Å²) < 4.78 is 5.08. The summed E-state index contributed by atoms with van der Waals surface area (Å²) in [4.78, 5) is 21.1. The van der Waals surface area contributed by atoms with Gasteiger partial charge >= 0.3 is 5.97 Å². The molecule has 0 saturated heterocycles.